The predicted molar refractivity (Wildman–Crippen MR) is 80.8 cm³/mol. The minimum atomic E-state index is 0.156. The number of hydrogen-bond donors (Lipinski definition) is 1. The number of likely N-dealkylation sites (N-methyl/N-ethyl adjacent to an activating group) is 1. The van der Waals surface area contributed by atoms with E-state index in [-0.39, 0.29) is 12.2 Å². The zero-order chi connectivity index (χ0) is 13.8. The molecule has 2 rings (SSSR count). The molecule has 106 valence electrons. The molecule has 0 amide bonds. The van der Waals surface area contributed by atoms with E-state index < -0.39 is 0 Å². The van der Waals surface area contributed by atoms with Gasteiger partial charge in [-0.1, -0.05) is 22.9 Å². The molecular formula is C15H22BrNO2. The largest absolute Gasteiger partial charge is 0.487 e. The highest BCUT2D eigenvalue weighted by Crippen LogP contribution is 2.31. The van der Waals surface area contributed by atoms with E-state index in [1.165, 1.54) is 0 Å². The lowest BCUT2D eigenvalue weighted by Gasteiger charge is -2.43. The van der Waals surface area contributed by atoms with Crippen LogP contribution >= 0.6 is 15.9 Å². The molecule has 1 aromatic carbocycles. The van der Waals surface area contributed by atoms with Crippen molar-refractivity contribution in [2.75, 3.05) is 13.7 Å². The van der Waals surface area contributed by atoms with Gasteiger partial charge in [0, 0.05) is 23.5 Å². The van der Waals surface area contributed by atoms with Gasteiger partial charge in [-0.2, -0.15) is 0 Å². The van der Waals surface area contributed by atoms with Gasteiger partial charge >= 0.3 is 0 Å². The second-order valence-corrected chi connectivity index (χ2v) is 5.95. The highest BCUT2D eigenvalue weighted by atomic mass is 79.9. The van der Waals surface area contributed by atoms with Crippen LogP contribution in [0.25, 0.3) is 0 Å². The maximum absolute atomic E-state index is 6.09. The molecule has 0 spiro atoms. The summed E-state index contributed by atoms with van der Waals surface area (Å²) in [5.74, 6) is 0.952. The van der Waals surface area contributed by atoms with Gasteiger partial charge in [-0.15, -0.1) is 0 Å². The molecule has 1 aliphatic carbocycles. The lowest BCUT2D eigenvalue weighted by molar-refractivity contribution is -0.106. The molecule has 4 heteroatoms. The van der Waals surface area contributed by atoms with Gasteiger partial charge in [0.05, 0.1) is 0 Å². The molecule has 0 saturated heterocycles. The van der Waals surface area contributed by atoms with Gasteiger partial charge in [0.15, 0.2) is 0 Å². The zero-order valence-corrected chi connectivity index (χ0v) is 13.4. The summed E-state index contributed by atoms with van der Waals surface area (Å²) in [4.78, 5) is 0. The summed E-state index contributed by atoms with van der Waals surface area (Å²) in [7, 11) is 1.98. The first-order chi connectivity index (χ1) is 9.15. The third kappa shape index (κ3) is 3.50. The third-order valence-electron chi connectivity index (χ3n) is 3.55. The minimum absolute atomic E-state index is 0.156. The number of aryl methyl sites for hydroxylation is 1. The van der Waals surface area contributed by atoms with Crippen LogP contribution in [0.3, 0.4) is 0 Å². The number of rotatable bonds is 6. The fourth-order valence-corrected chi connectivity index (χ4v) is 2.84. The Morgan fingerprint density at radius 3 is 2.84 bits per heavy atom. The average Bonchev–Trinajstić information content (AvgIpc) is 2.36. The van der Waals surface area contributed by atoms with Gasteiger partial charge in [0.2, 0.25) is 0 Å². The molecule has 1 fully saturated rings. The maximum Gasteiger partial charge on any atom is 0.128 e. The van der Waals surface area contributed by atoms with Gasteiger partial charge in [-0.05, 0) is 44.2 Å². The summed E-state index contributed by atoms with van der Waals surface area (Å²) in [6.45, 7) is 4.99. The molecule has 19 heavy (non-hydrogen) atoms. The van der Waals surface area contributed by atoms with E-state index in [4.69, 9.17) is 9.47 Å². The Balaban J connectivity index is 1.98. The van der Waals surface area contributed by atoms with Crippen molar-refractivity contribution < 1.29 is 9.47 Å². The number of benzene rings is 1. The Bertz CT molecular complexity index is 425. The van der Waals surface area contributed by atoms with Crippen LogP contribution in [0.4, 0.5) is 0 Å². The van der Waals surface area contributed by atoms with Gasteiger partial charge in [-0.3, -0.25) is 0 Å². The first-order valence-electron chi connectivity index (χ1n) is 6.87. The Hall–Kier alpha value is -0.580. The summed E-state index contributed by atoms with van der Waals surface area (Å²) in [5.41, 5.74) is 1.15. The highest BCUT2D eigenvalue weighted by Gasteiger charge is 2.43. The van der Waals surface area contributed by atoms with Crippen LogP contribution in [0.5, 0.6) is 5.75 Å². The van der Waals surface area contributed by atoms with E-state index in [0.717, 1.165) is 35.2 Å². The molecule has 3 atom stereocenters. The Morgan fingerprint density at radius 2 is 2.21 bits per heavy atom. The summed E-state index contributed by atoms with van der Waals surface area (Å²) >= 11 is 3.47. The van der Waals surface area contributed by atoms with Gasteiger partial charge in [0.1, 0.15) is 18.0 Å². The standard InChI is InChI=1S/C15H22BrNO2/c1-4-7-18-15-12(17-3)9-14(15)19-13-6-5-11(16)8-10(13)2/h5-6,8,12,14-15,17H,4,7,9H2,1-3H3. The van der Waals surface area contributed by atoms with E-state index in [2.05, 4.69) is 41.2 Å². The summed E-state index contributed by atoms with van der Waals surface area (Å²) in [6, 6.07) is 6.51. The summed E-state index contributed by atoms with van der Waals surface area (Å²) in [6.07, 6.45) is 2.36. The molecule has 1 aliphatic rings. The van der Waals surface area contributed by atoms with Crippen molar-refractivity contribution in [1.82, 2.24) is 5.32 Å². The van der Waals surface area contributed by atoms with E-state index in [0.29, 0.717) is 6.04 Å². The summed E-state index contributed by atoms with van der Waals surface area (Å²) < 4.78 is 13.1. The monoisotopic (exact) mass is 327 g/mol. The van der Waals surface area contributed by atoms with E-state index in [1.807, 2.05) is 19.2 Å². The van der Waals surface area contributed by atoms with Crippen molar-refractivity contribution in [2.45, 2.75) is 44.9 Å². The topological polar surface area (TPSA) is 30.5 Å². The second-order valence-electron chi connectivity index (χ2n) is 5.03. The van der Waals surface area contributed by atoms with Crippen LogP contribution in [0.15, 0.2) is 22.7 Å². The van der Waals surface area contributed by atoms with E-state index in [1.54, 1.807) is 0 Å². The number of halogens is 1. The molecule has 0 radical (unpaired) electrons. The van der Waals surface area contributed by atoms with Crippen LogP contribution in [-0.2, 0) is 4.74 Å². The van der Waals surface area contributed by atoms with Crippen molar-refractivity contribution in [3.63, 3.8) is 0 Å². The smallest absolute Gasteiger partial charge is 0.128 e. The van der Waals surface area contributed by atoms with Crippen molar-refractivity contribution in [3.8, 4) is 5.75 Å². The van der Waals surface area contributed by atoms with Gasteiger partial charge in [-0.25, -0.2) is 0 Å². The highest BCUT2D eigenvalue weighted by molar-refractivity contribution is 9.10. The average molecular weight is 328 g/mol. The van der Waals surface area contributed by atoms with E-state index in [9.17, 15) is 0 Å². The fourth-order valence-electron chi connectivity index (χ4n) is 2.36. The van der Waals surface area contributed by atoms with Crippen LogP contribution in [0.1, 0.15) is 25.3 Å². The number of hydrogen-bond acceptors (Lipinski definition) is 3. The van der Waals surface area contributed by atoms with Crippen molar-refractivity contribution in [3.05, 3.63) is 28.2 Å². The molecule has 0 aromatic heterocycles. The fraction of sp³-hybridized carbons (Fsp3) is 0.600. The molecule has 3 unspecified atom stereocenters. The van der Waals surface area contributed by atoms with Crippen LogP contribution in [-0.4, -0.2) is 31.9 Å². The Morgan fingerprint density at radius 1 is 1.42 bits per heavy atom. The lowest BCUT2D eigenvalue weighted by atomic mass is 9.85. The first-order valence-corrected chi connectivity index (χ1v) is 7.66. The SMILES string of the molecule is CCCOC1C(NC)CC1Oc1ccc(Br)cc1C. The normalized spacial score (nSPS) is 26.0. The molecule has 1 N–H and O–H groups in total. The number of ether oxygens (including phenoxy) is 2. The van der Waals surface area contributed by atoms with Crippen molar-refractivity contribution >= 4 is 15.9 Å². The van der Waals surface area contributed by atoms with Crippen LogP contribution in [0, 0.1) is 6.92 Å². The van der Waals surface area contributed by atoms with Gasteiger partial charge < -0.3 is 14.8 Å². The minimum Gasteiger partial charge on any atom is -0.487 e. The predicted octanol–water partition coefficient (Wildman–Crippen LogP) is 3.29. The Labute approximate surface area is 123 Å². The molecular weight excluding hydrogens is 306 g/mol. The molecule has 1 aromatic rings. The number of nitrogens with one attached hydrogen (secondary N) is 1. The lowest BCUT2D eigenvalue weighted by Crippen LogP contribution is -2.60. The first kappa shape index (κ1) is 14.8. The molecule has 1 saturated carbocycles. The quantitative estimate of drug-likeness (QED) is 0.869. The van der Waals surface area contributed by atoms with Gasteiger partial charge in [0.25, 0.3) is 0 Å². The van der Waals surface area contributed by atoms with Crippen LogP contribution in [0.2, 0.25) is 0 Å². The third-order valence-corrected chi connectivity index (χ3v) is 4.04. The van der Waals surface area contributed by atoms with Crippen LogP contribution < -0.4 is 10.1 Å². The zero-order valence-electron chi connectivity index (χ0n) is 11.8. The molecule has 0 heterocycles. The molecule has 0 bridgehead atoms. The van der Waals surface area contributed by atoms with E-state index >= 15 is 0 Å². The molecule has 0 aliphatic heterocycles. The summed E-state index contributed by atoms with van der Waals surface area (Å²) in [5, 5.41) is 3.29. The van der Waals surface area contributed by atoms with Crippen molar-refractivity contribution in [1.29, 1.82) is 0 Å². The molecule has 3 nitrogen and oxygen atoms in total. The Kier molecular flexibility index (Phi) is 5.25. The van der Waals surface area contributed by atoms with Crippen molar-refractivity contribution in [2.24, 2.45) is 0 Å². The second kappa shape index (κ2) is 6.73. The maximum atomic E-state index is 6.09.